The summed E-state index contributed by atoms with van der Waals surface area (Å²) in [7, 11) is -1.59. The summed E-state index contributed by atoms with van der Waals surface area (Å²) < 4.78 is 9.21. The summed E-state index contributed by atoms with van der Waals surface area (Å²) in [6, 6.07) is 2.00. The maximum atomic E-state index is 12.1. The monoisotopic (exact) mass is 482 g/mol. The fourth-order valence-electron chi connectivity index (χ4n) is 3.22. The minimum Gasteiger partial charge on any atom is -0.474 e. The predicted molar refractivity (Wildman–Crippen MR) is 127 cm³/mol. The Balaban J connectivity index is 2.49. The SMILES string of the molecule is CCCCCCCCCCCCC(OC(=O)C(Cl)(Cl)Cl)c1coc([Si](C)(C)C)c1. The zero-order valence-corrected chi connectivity index (χ0v) is 21.6. The lowest BCUT2D eigenvalue weighted by atomic mass is 10.0. The highest BCUT2D eigenvalue weighted by molar-refractivity contribution is 6.87. The van der Waals surface area contributed by atoms with Crippen LogP contribution >= 0.6 is 34.8 Å². The molecule has 1 rings (SSSR count). The molecule has 0 aliphatic heterocycles. The van der Waals surface area contributed by atoms with E-state index in [1.165, 1.54) is 51.4 Å². The van der Waals surface area contributed by atoms with E-state index in [-0.39, 0.29) is 0 Å². The van der Waals surface area contributed by atoms with Gasteiger partial charge in [-0.15, -0.1) is 0 Å². The van der Waals surface area contributed by atoms with Gasteiger partial charge in [0.2, 0.25) is 0 Å². The molecule has 0 radical (unpaired) electrons. The number of carbonyl (C=O) groups is 1. The summed E-state index contributed by atoms with van der Waals surface area (Å²) in [6.45, 7) is 8.87. The first-order valence-electron chi connectivity index (χ1n) is 10.9. The third-order valence-electron chi connectivity index (χ3n) is 5.03. The van der Waals surface area contributed by atoms with Crippen LogP contribution in [-0.4, -0.2) is 17.8 Å². The van der Waals surface area contributed by atoms with Crippen LogP contribution in [0, 0.1) is 0 Å². The highest BCUT2D eigenvalue weighted by Gasteiger charge is 2.35. The topological polar surface area (TPSA) is 39.4 Å². The van der Waals surface area contributed by atoms with Crippen LogP contribution < -0.4 is 5.38 Å². The Kier molecular flexibility index (Phi) is 12.3. The van der Waals surface area contributed by atoms with Crippen molar-refractivity contribution in [3.8, 4) is 0 Å². The van der Waals surface area contributed by atoms with Gasteiger partial charge in [0, 0.05) is 5.56 Å². The van der Waals surface area contributed by atoms with Crippen molar-refractivity contribution in [1.29, 1.82) is 0 Å². The maximum absolute atomic E-state index is 12.1. The van der Waals surface area contributed by atoms with E-state index >= 15 is 0 Å². The van der Waals surface area contributed by atoms with Crippen molar-refractivity contribution in [2.45, 2.75) is 107 Å². The molecule has 1 heterocycles. The van der Waals surface area contributed by atoms with Crippen LogP contribution in [-0.2, 0) is 9.53 Å². The van der Waals surface area contributed by atoms with Gasteiger partial charge in [0.15, 0.2) is 0 Å². The van der Waals surface area contributed by atoms with E-state index < -0.39 is 23.9 Å². The molecule has 0 bridgehead atoms. The zero-order valence-electron chi connectivity index (χ0n) is 18.4. The average Bonchev–Trinajstić information content (AvgIpc) is 3.11. The second-order valence-corrected chi connectivity index (χ2v) is 16.1. The molecular weight excluding hydrogens is 447 g/mol. The van der Waals surface area contributed by atoms with Crippen LogP contribution in [0.2, 0.25) is 19.6 Å². The van der Waals surface area contributed by atoms with Crippen LogP contribution in [0.5, 0.6) is 0 Å². The minimum atomic E-state index is -2.07. The van der Waals surface area contributed by atoms with Crippen molar-refractivity contribution in [2.24, 2.45) is 0 Å². The molecule has 1 aromatic heterocycles. The van der Waals surface area contributed by atoms with E-state index in [0.29, 0.717) is 6.42 Å². The molecule has 0 fully saturated rings. The minimum absolute atomic E-state index is 0.444. The van der Waals surface area contributed by atoms with Crippen LogP contribution in [0.15, 0.2) is 16.7 Å². The van der Waals surface area contributed by atoms with Crippen LogP contribution in [0.4, 0.5) is 0 Å². The molecule has 0 amide bonds. The van der Waals surface area contributed by atoms with Gasteiger partial charge >= 0.3 is 5.97 Å². The first kappa shape index (κ1) is 26.9. The highest BCUT2D eigenvalue weighted by atomic mass is 35.6. The molecule has 3 nitrogen and oxygen atoms in total. The number of alkyl halides is 3. The van der Waals surface area contributed by atoms with E-state index in [4.69, 9.17) is 44.0 Å². The Hall–Kier alpha value is -0.163. The summed E-state index contributed by atoms with van der Waals surface area (Å²) in [4.78, 5) is 12.1. The smallest absolute Gasteiger partial charge is 0.359 e. The molecule has 29 heavy (non-hydrogen) atoms. The predicted octanol–water partition coefficient (Wildman–Crippen LogP) is 8.09. The first-order valence-corrected chi connectivity index (χ1v) is 15.6. The summed E-state index contributed by atoms with van der Waals surface area (Å²) >= 11 is 17.1. The van der Waals surface area contributed by atoms with Crippen molar-refractivity contribution >= 4 is 54.2 Å². The summed E-state index contributed by atoms with van der Waals surface area (Å²) in [6.07, 6.45) is 14.4. The number of hydrogen-bond donors (Lipinski definition) is 0. The molecule has 1 unspecified atom stereocenters. The standard InChI is InChI=1S/C22H37Cl3O3Si/c1-5-6-7-8-9-10-11-12-13-14-15-19(28-21(26)22(23,24)25)18-16-20(27-17-18)29(2,3)4/h16-17,19H,5-15H2,1-4H3. The Morgan fingerprint density at radius 1 is 1.00 bits per heavy atom. The molecule has 0 saturated carbocycles. The van der Waals surface area contributed by atoms with Gasteiger partial charge in [-0.3, -0.25) is 0 Å². The van der Waals surface area contributed by atoms with Crippen LogP contribution in [0.3, 0.4) is 0 Å². The molecule has 0 spiro atoms. The zero-order chi connectivity index (χ0) is 21.9. The third kappa shape index (κ3) is 11.1. The molecule has 0 aliphatic rings. The van der Waals surface area contributed by atoms with Gasteiger partial charge in [0.05, 0.1) is 11.6 Å². The largest absolute Gasteiger partial charge is 0.474 e. The summed E-state index contributed by atoms with van der Waals surface area (Å²) in [5.74, 6) is -0.838. The van der Waals surface area contributed by atoms with E-state index in [1.807, 2.05) is 6.07 Å². The number of hydrogen-bond acceptors (Lipinski definition) is 3. The number of rotatable bonds is 14. The molecular formula is C22H37Cl3O3Si. The van der Waals surface area contributed by atoms with Gasteiger partial charge in [0.1, 0.15) is 14.2 Å². The van der Waals surface area contributed by atoms with Crippen molar-refractivity contribution in [1.82, 2.24) is 0 Å². The lowest BCUT2D eigenvalue weighted by Gasteiger charge is -2.19. The molecule has 0 aliphatic carbocycles. The van der Waals surface area contributed by atoms with Crippen molar-refractivity contribution in [3.05, 3.63) is 17.9 Å². The van der Waals surface area contributed by atoms with Gasteiger partial charge in [-0.2, -0.15) is 0 Å². The number of unbranched alkanes of at least 4 members (excludes halogenated alkanes) is 9. The molecule has 0 saturated heterocycles. The molecule has 1 aromatic rings. The highest BCUT2D eigenvalue weighted by Crippen LogP contribution is 2.33. The second kappa shape index (κ2) is 13.3. The Bertz CT molecular complexity index is 591. The van der Waals surface area contributed by atoms with Gasteiger partial charge in [-0.25, -0.2) is 4.79 Å². The molecule has 1 atom stereocenters. The quantitative estimate of drug-likeness (QED) is 0.116. The lowest BCUT2D eigenvalue weighted by Crippen LogP contribution is -2.36. The number of ether oxygens (including phenoxy) is 1. The number of esters is 1. The molecule has 0 aromatic carbocycles. The Labute approximate surface area is 192 Å². The van der Waals surface area contributed by atoms with E-state index in [9.17, 15) is 4.79 Å². The average molecular weight is 484 g/mol. The van der Waals surface area contributed by atoms with E-state index in [1.54, 1.807) is 6.26 Å². The van der Waals surface area contributed by atoms with Crippen molar-refractivity contribution in [2.75, 3.05) is 0 Å². The first-order chi connectivity index (χ1) is 13.6. The van der Waals surface area contributed by atoms with Crippen LogP contribution in [0.1, 0.15) is 89.2 Å². The Morgan fingerprint density at radius 2 is 1.52 bits per heavy atom. The molecule has 0 N–H and O–H groups in total. The third-order valence-corrected chi connectivity index (χ3v) is 7.23. The molecule has 7 heteroatoms. The van der Waals surface area contributed by atoms with Gasteiger partial charge in [0.25, 0.3) is 3.79 Å². The van der Waals surface area contributed by atoms with Crippen molar-refractivity contribution in [3.63, 3.8) is 0 Å². The normalized spacial score (nSPS) is 13.5. The Morgan fingerprint density at radius 3 is 1.97 bits per heavy atom. The van der Waals surface area contributed by atoms with Crippen molar-refractivity contribution < 1.29 is 13.9 Å². The number of carbonyl (C=O) groups excluding carboxylic acids is 1. The van der Waals surface area contributed by atoms with Crippen LogP contribution in [0.25, 0.3) is 0 Å². The number of furan rings is 1. The maximum Gasteiger partial charge on any atom is 0.359 e. The van der Waals surface area contributed by atoms with Gasteiger partial charge in [-0.1, -0.05) is 119 Å². The molecule has 168 valence electrons. The number of halogens is 3. The van der Waals surface area contributed by atoms with E-state index in [2.05, 4.69) is 26.6 Å². The lowest BCUT2D eigenvalue weighted by molar-refractivity contribution is -0.148. The fraction of sp³-hybridized carbons (Fsp3) is 0.773. The second-order valence-electron chi connectivity index (χ2n) is 8.86. The van der Waals surface area contributed by atoms with Gasteiger partial charge < -0.3 is 9.15 Å². The summed E-state index contributed by atoms with van der Waals surface area (Å²) in [5, 5.41) is 0.977. The summed E-state index contributed by atoms with van der Waals surface area (Å²) in [5.41, 5.74) is 0.848. The van der Waals surface area contributed by atoms with Gasteiger partial charge in [-0.05, 0) is 18.9 Å². The van der Waals surface area contributed by atoms with E-state index in [0.717, 1.165) is 23.8 Å². The fourth-order valence-corrected chi connectivity index (χ4v) is 4.37.